The van der Waals surface area contributed by atoms with Gasteiger partial charge in [0.05, 0.1) is 0 Å². The highest BCUT2D eigenvalue weighted by Gasteiger charge is 2.17. The van der Waals surface area contributed by atoms with Gasteiger partial charge in [0.25, 0.3) is 0 Å². The molecule has 0 radical (unpaired) electrons. The maximum absolute atomic E-state index is 11.2. The smallest absolute Gasteiger partial charge is 0.320 e. The molecule has 0 unspecified atom stereocenters. The van der Waals surface area contributed by atoms with E-state index in [1.165, 1.54) is 96.3 Å². The first-order chi connectivity index (χ1) is 13.1. The van der Waals surface area contributed by atoms with E-state index < -0.39 is 5.97 Å². The van der Waals surface area contributed by atoms with Crippen LogP contribution in [-0.2, 0) is 4.79 Å². The van der Waals surface area contributed by atoms with Crippen LogP contribution in [0.5, 0.6) is 0 Å². The van der Waals surface area contributed by atoms with Crippen LogP contribution in [-0.4, -0.2) is 23.7 Å². The van der Waals surface area contributed by atoms with Crippen molar-refractivity contribution in [1.82, 2.24) is 5.32 Å². The van der Waals surface area contributed by atoms with Crippen molar-refractivity contribution in [2.75, 3.05) is 6.54 Å². The Labute approximate surface area is 170 Å². The molecule has 0 fully saturated rings. The molecule has 0 aromatic carbocycles. The molecule has 162 valence electrons. The minimum absolute atomic E-state index is 0.374. The zero-order valence-corrected chi connectivity index (χ0v) is 18.7. The van der Waals surface area contributed by atoms with Gasteiger partial charge in [-0.25, -0.2) is 0 Å². The van der Waals surface area contributed by atoms with Gasteiger partial charge >= 0.3 is 5.97 Å². The van der Waals surface area contributed by atoms with Crippen molar-refractivity contribution in [3.8, 4) is 0 Å². The Hall–Kier alpha value is -0.570. The first-order valence-electron chi connectivity index (χ1n) is 12.0. The van der Waals surface area contributed by atoms with Gasteiger partial charge in [0.15, 0.2) is 0 Å². The molecule has 0 bridgehead atoms. The summed E-state index contributed by atoms with van der Waals surface area (Å²) >= 11 is 0. The van der Waals surface area contributed by atoms with Gasteiger partial charge in [0, 0.05) is 0 Å². The number of carboxylic acids is 1. The van der Waals surface area contributed by atoms with Gasteiger partial charge in [-0.05, 0) is 25.3 Å². The molecule has 0 aromatic rings. The van der Waals surface area contributed by atoms with Crippen LogP contribution < -0.4 is 5.32 Å². The van der Waals surface area contributed by atoms with Crippen LogP contribution in [0.2, 0.25) is 0 Å². The molecule has 3 heteroatoms. The number of unbranched alkanes of at least 4 members (excludes halogenated alkanes) is 15. The molecule has 3 nitrogen and oxygen atoms in total. The minimum Gasteiger partial charge on any atom is -0.480 e. The van der Waals surface area contributed by atoms with Crippen LogP contribution in [0.1, 0.15) is 130 Å². The van der Waals surface area contributed by atoms with E-state index >= 15 is 0 Å². The van der Waals surface area contributed by atoms with Crippen LogP contribution in [0.15, 0.2) is 0 Å². The number of carboxylic acid groups (broad SMARTS) is 1. The van der Waals surface area contributed by atoms with Crippen LogP contribution >= 0.6 is 0 Å². The Bertz CT molecular complexity index is 318. The summed E-state index contributed by atoms with van der Waals surface area (Å²) in [5, 5.41) is 12.4. The summed E-state index contributed by atoms with van der Waals surface area (Å²) in [5.74, 6) is -0.287. The molecule has 27 heavy (non-hydrogen) atoms. The van der Waals surface area contributed by atoms with Crippen molar-refractivity contribution in [3.63, 3.8) is 0 Å². The molecule has 0 spiro atoms. The van der Waals surface area contributed by atoms with Gasteiger partial charge in [0.2, 0.25) is 0 Å². The van der Waals surface area contributed by atoms with Crippen molar-refractivity contribution in [1.29, 1.82) is 0 Å². The minimum atomic E-state index is -0.708. The molecule has 0 saturated heterocycles. The molecule has 2 N–H and O–H groups in total. The van der Waals surface area contributed by atoms with E-state index in [9.17, 15) is 9.90 Å². The van der Waals surface area contributed by atoms with Crippen LogP contribution in [0.3, 0.4) is 0 Å². The standard InChI is InChI=1S/C24H49NO2/c1-4-5-6-7-8-9-10-11-12-13-14-15-16-17-18-19-20-25-23(24(26)27)21-22(2)3/h22-23,25H,4-21H2,1-3H3,(H,26,27)/t23-/m0/s1. The monoisotopic (exact) mass is 383 g/mol. The second-order valence-corrected chi connectivity index (χ2v) is 8.78. The number of nitrogens with one attached hydrogen (secondary N) is 1. The van der Waals surface area contributed by atoms with E-state index in [2.05, 4.69) is 26.1 Å². The van der Waals surface area contributed by atoms with Crippen molar-refractivity contribution in [2.24, 2.45) is 5.92 Å². The Kier molecular flexibility index (Phi) is 19.7. The maximum atomic E-state index is 11.2. The third-order valence-electron chi connectivity index (χ3n) is 5.43. The number of carbonyl (C=O) groups is 1. The predicted octanol–water partition coefficient (Wildman–Crippen LogP) is 7.34. The van der Waals surface area contributed by atoms with Crippen molar-refractivity contribution in [2.45, 2.75) is 136 Å². The number of aliphatic carboxylic acids is 1. The lowest BCUT2D eigenvalue weighted by Crippen LogP contribution is -2.38. The molecule has 0 aliphatic carbocycles. The maximum Gasteiger partial charge on any atom is 0.320 e. The molecule has 0 aliphatic rings. The van der Waals surface area contributed by atoms with E-state index in [0.29, 0.717) is 12.3 Å². The lowest BCUT2D eigenvalue weighted by atomic mass is 10.0. The van der Waals surface area contributed by atoms with Gasteiger partial charge in [-0.15, -0.1) is 0 Å². The first kappa shape index (κ1) is 26.4. The zero-order chi connectivity index (χ0) is 20.2. The Morgan fingerprint density at radius 3 is 1.41 bits per heavy atom. The van der Waals surface area contributed by atoms with Crippen LogP contribution in [0.25, 0.3) is 0 Å². The summed E-state index contributed by atoms with van der Waals surface area (Å²) < 4.78 is 0. The van der Waals surface area contributed by atoms with Gasteiger partial charge in [-0.1, -0.05) is 117 Å². The quantitative estimate of drug-likeness (QED) is 0.204. The summed E-state index contributed by atoms with van der Waals surface area (Å²) in [5.41, 5.74) is 0. The van der Waals surface area contributed by atoms with E-state index in [-0.39, 0.29) is 6.04 Å². The highest BCUT2D eigenvalue weighted by Crippen LogP contribution is 2.13. The fourth-order valence-corrected chi connectivity index (χ4v) is 3.69. The van der Waals surface area contributed by atoms with E-state index in [0.717, 1.165) is 13.0 Å². The van der Waals surface area contributed by atoms with Gasteiger partial charge < -0.3 is 10.4 Å². The molecule has 0 aliphatic heterocycles. The van der Waals surface area contributed by atoms with E-state index in [4.69, 9.17) is 0 Å². The highest BCUT2D eigenvalue weighted by molar-refractivity contribution is 5.73. The van der Waals surface area contributed by atoms with Crippen LogP contribution in [0.4, 0.5) is 0 Å². The van der Waals surface area contributed by atoms with Crippen molar-refractivity contribution >= 4 is 5.97 Å². The van der Waals surface area contributed by atoms with Gasteiger partial charge in [-0.3, -0.25) is 4.79 Å². The predicted molar refractivity (Wildman–Crippen MR) is 118 cm³/mol. The van der Waals surface area contributed by atoms with Crippen molar-refractivity contribution in [3.05, 3.63) is 0 Å². The summed E-state index contributed by atoms with van der Waals surface area (Å²) in [4.78, 5) is 11.2. The van der Waals surface area contributed by atoms with Crippen LogP contribution in [0, 0.1) is 5.92 Å². The molecular formula is C24H49NO2. The van der Waals surface area contributed by atoms with Gasteiger partial charge in [-0.2, -0.15) is 0 Å². The fourth-order valence-electron chi connectivity index (χ4n) is 3.69. The molecule has 0 aromatic heterocycles. The van der Waals surface area contributed by atoms with Gasteiger partial charge in [0.1, 0.15) is 6.04 Å². The largest absolute Gasteiger partial charge is 0.480 e. The lowest BCUT2D eigenvalue weighted by molar-refractivity contribution is -0.139. The summed E-state index contributed by atoms with van der Waals surface area (Å²) in [7, 11) is 0. The third-order valence-corrected chi connectivity index (χ3v) is 5.43. The van der Waals surface area contributed by atoms with E-state index in [1.807, 2.05) is 0 Å². The number of hydrogen-bond acceptors (Lipinski definition) is 2. The molecule has 0 saturated carbocycles. The van der Waals surface area contributed by atoms with Crippen molar-refractivity contribution < 1.29 is 9.90 Å². The summed E-state index contributed by atoms with van der Waals surface area (Å²) in [6, 6.07) is -0.374. The van der Waals surface area contributed by atoms with E-state index in [1.54, 1.807) is 0 Å². The SMILES string of the molecule is CCCCCCCCCCCCCCCCCCN[C@@H](CC(C)C)C(=O)O. The second kappa shape index (κ2) is 20.2. The number of hydrogen-bond donors (Lipinski definition) is 2. The molecule has 0 heterocycles. The molecular weight excluding hydrogens is 334 g/mol. The zero-order valence-electron chi connectivity index (χ0n) is 18.7. The summed E-state index contributed by atoms with van der Waals surface area (Å²) in [6.45, 7) is 7.27. The fraction of sp³-hybridized carbons (Fsp3) is 0.958. The number of rotatable bonds is 21. The molecule has 0 amide bonds. The molecule has 1 atom stereocenters. The normalized spacial score (nSPS) is 12.6. The average Bonchev–Trinajstić information content (AvgIpc) is 2.62. The topological polar surface area (TPSA) is 49.3 Å². The Balaban J connectivity index is 3.23. The summed E-state index contributed by atoms with van der Waals surface area (Å²) in [6.07, 6.45) is 22.7. The Morgan fingerprint density at radius 1 is 0.704 bits per heavy atom. The second-order valence-electron chi connectivity index (χ2n) is 8.78. The highest BCUT2D eigenvalue weighted by atomic mass is 16.4. The lowest BCUT2D eigenvalue weighted by Gasteiger charge is -2.16. The first-order valence-corrected chi connectivity index (χ1v) is 12.0. The third kappa shape index (κ3) is 20.0. The molecule has 0 rings (SSSR count). The Morgan fingerprint density at radius 2 is 1.07 bits per heavy atom. The average molecular weight is 384 g/mol.